The molecule has 1 aliphatic heterocycles. The van der Waals surface area contributed by atoms with Gasteiger partial charge in [-0.25, -0.2) is 0 Å². The molecule has 0 saturated carbocycles. The van der Waals surface area contributed by atoms with E-state index < -0.39 is 0 Å². The molecule has 1 aliphatic rings. The van der Waals surface area contributed by atoms with E-state index in [4.69, 9.17) is 0 Å². The topological polar surface area (TPSA) is 6.48 Å². The Labute approximate surface area is 141 Å². The maximum absolute atomic E-state index is 3.97. The Morgan fingerprint density at radius 3 is 2.22 bits per heavy atom. The van der Waals surface area contributed by atoms with Crippen molar-refractivity contribution in [2.45, 2.75) is 13.0 Å². The van der Waals surface area contributed by atoms with Gasteiger partial charge in [-0.15, -0.1) is 0 Å². The van der Waals surface area contributed by atoms with Crippen molar-refractivity contribution in [1.29, 1.82) is 0 Å². The van der Waals surface area contributed by atoms with Crippen LogP contribution in [0.1, 0.15) is 11.1 Å². The molecule has 0 aliphatic carbocycles. The van der Waals surface area contributed by atoms with Gasteiger partial charge in [0.1, 0.15) is 0 Å². The van der Waals surface area contributed by atoms with Crippen LogP contribution in [0.4, 0.5) is 0 Å². The molecule has 1 heterocycles. The van der Waals surface area contributed by atoms with Gasteiger partial charge in [-0.2, -0.15) is 0 Å². The van der Waals surface area contributed by atoms with Crippen molar-refractivity contribution in [2.24, 2.45) is 0 Å². The molecular weight excluding hydrogens is 280 g/mol. The number of hydrogen-bond donors (Lipinski definition) is 0. The molecular formula is C21H28N2. The van der Waals surface area contributed by atoms with Gasteiger partial charge in [0, 0.05) is 32.7 Å². The third kappa shape index (κ3) is 5.66. The molecule has 0 unspecified atom stereocenters. The van der Waals surface area contributed by atoms with Gasteiger partial charge < -0.3 is 4.90 Å². The molecule has 122 valence electrons. The Kier molecular flexibility index (Phi) is 6.57. The predicted octanol–water partition coefficient (Wildman–Crippen LogP) is 3.83. The molecule has 0 bridgehead atoms. The van der Waals surface area contributed by atoms with Gasteiger partial charge in [0.05, 0.1) is 0 Å². The first-order valence-electron chi connectivity index (χ1n) is 8.24. The van der Waals surface area contributed by atoms with E-state index in [1.807, 2.05) is 6.08 Å². The number of nitrogens with zero attached hydrogens (tertiary/aromatic N) is 2. The van der Waals surface area contributed by atoms with Crippen LogP contribution in [0.3, 0.4) is 0 Å². The van der Waals surface area contributed by atoms with Crippen LogP contribution in [0.25, 0.3) is 0 Å². The molecule has 2 nitrogen and oxygen atoms in total. The quantitative estimate of drug-likeness (QED) is 0.706. The Bertz CT molecular complexity index is 572. The Hall–Kier alpha value is -1.90. The lowest BCUT2D eigenvalue weighted by Gasteiger charge is -2.32. The van der Waals surface area contributed by atoms with E-state index in [2.05, 4.69) is 66.9 Å². The predicted molar refractivity (Wildman–Crippen MR) is 101 cm³/mol. The largest absolute Gasteiger partial charge is 0.304 e. The molecule has 0 amide bonds. The minimum absolute atomic E-state index is 0.878. The average molecular weight is 308 g/mol. The highest BCUT2D eigenvalue weighted by Crippen LogP contribution is 2.12. The van der Waals surface area contributed by atoms with Crippen LogP contribution in [0, 0.1) is 0 Å². The summed E-state index contributed by atoms with van der Waals surface area (Å²) in [5, 5.41) is 0. The van der Waals surface area contributed by atoms with Gasteiger partial charge >= 0.3 is 0 Å². The number of piperazine rings is 1. The summed E-state index contributed by atoms with van der Waals surface area (Å²) in [5.74, 6) is 0. The van der Waals surface area contributed by atoms with Crippen molar-refractivity contribution in [3.05, 3.63) is 84.5 Å². The lowest BCUT2D eigenvalue weighted by Crippen LogP contribution is -2.43. The molecule has 1 aromatic carbocycles. The second-order valence-electron chi connectivity index (χ2n) is 6.26. The van der Waals surface area contributed by atoms with Crippen molar-refractivity contribution in [3.8, 4) is 0 Å². The van der Waals surface area contributed by atoms with E-state index in [-0.39, 0.29) is 0 Å². The van der Waals surface area contributed by atoms with E-state index in [0.717, 1.165) is 37.2 Å². The van der Waals surface area contributed by atoms with Crippen molar-refractivity contribution >= 4 is 0 Å². The van der Waals surface area contributed by atoms with E-state index in [1.165, 1.54) is 24.2 Å². The smallest absolute Gasteiger partial charge is 0.0234 e. The fraction of sp³-hybridized carbons (Fsp3) is 0.333. The van der Waals surface area contributed by atoms with E-state index >= 15 is 0 Å². The maximum Gasteiger partial charge on any atom is 0.0234 e. The van der Waals surface area contributed by atoms with Crippen molar-refractivity contribution in [3.63, 3.8) is 0 Å². The molecule has 2 heteroatoms. The summed E-state index contributed by atoms with van der Waals surface area (Å²) in [7, 11) is 2.19. The summed E-state index contributed by atoms with van der Waals surface area (Å²) < 4.78 is 0. The summed E-state index contributed by atoms with van der Waals surface area (Å²) >= 11 is 0. The first-order chi connectivity index (χ1) is 11.1. The highest BCUT2D eigenvalue weighted by atomic mass is 15.2. The second kappa shape index (κ2) is 8.66. The monoisotopic (exact) mass is 308 g/mol. The van der Waals surface area contributed by atoms with Crippen LogP contribution in [0.5, 0.6) is 0 Å². The highest BCUT2D eigenvalue weighted by Gasteiger charge is 2.13. The first kappa shape index (κ1) is 17.5. The maximum atomic E-state index is 3.97. The van der Waals surface area contributed by atoms with Crippen molar-refractivity contribution in [2.75, 3.05) is 33.2 Å². The lowest BCUT2D eigenvalue weighted by atomic mass is 10.1. The second-order valence-corrected chi connectivity index (χ2v) is 6.26. The number of benzene rings is 1. The molecule has 2 rings (SSSR count). The van der Waals surface area contributed by atoms with Gasteiger partial charge in [0.2, 0.25) is 0 Å². The molecule has 0 spiro atoms. The van der Waals surface area contributed by atoms with Crippen molar-refractivity contribution in [1.82, 2.24) is 9.80 Å². The molecule has 23 heavy (non-hydrogen) atoms. The van der Waals surface area contributed by atoms with Crippen LogP contribution in [-0.4, -0.2) is 43.0 Å². The highest BCUT2D eigenvalue weighted by molar-refractivity contribution is 5.42. The average Bonchev–Trinajstić information content (AvgIpc) is 2.57. The van der Waals surface area contributed by atoms with Gasteiger partial charge in [0.15, 0.2) is 0 Å². The summed E-state index contributed by atoms with van der Waals surface area (Å²) in [5.41, 5.74) is 4.52. The Balaban J connectivity index is 1.82. The third-order valence-electron chi connectivity index (χ3n) is 4.36. The zero-order valence-corrected chi connectivity index (χ0v) is 14.3. The zero-order valence-electron chi connectivity index (χ0n) is 14.3. The summed E-state index contributed by atoms with van der Waals surface area (Å²) in [6.07, 6.45) is 6.80. The fourth-order valence-electron chi connectivity index (χ4n) is 2.62. The molecule has 1 fully saturated rings. The van der Waals surface area contributed by atoms with Gasteiger partial charge in [0.25, 0.3) is 0 Å². The zero-order chi connectivity index (χ0) is 16.7. The van der Waals surface area contributed by atoms with Crippen molar-refractivity contribution < 1.29 is 0 Å². The standard InChI is InChI=1S/C21H28N2/c1-5-18(2)19(3)7-6-8-20-9-11-21(12-10-20)17-23-15-13-22(4)14-16-23/h5-7,9-12H,1-3,8,13-17H2,4H3/b7-6+. The number of allylic oxidation sites excluding steroid dienone is 5. The van der Waals surface area contributed by atoms with Gasteiger partial charge in [-0.1, -0.05) is 62.2 Å². The number of likely N-dealkylation sites (N-methyl/N-ethyl adjacent to an activating group) is 1. The van der Waals surface area contributed by atoms with Crippen LogP contribution in [0.2, 0.25) is 0 Å². The normalized spacial score (nSPS) is 16.6. The van der Waals surface area contributed by atoms with Crippen LogP contribution in [0.15, 0.2) is 73.4 Å². The minimum Gasteiger partial charge on any atom is -0.304 e. The summed E-state index contributed by atoms with van der Waals surface area (Å²) in [6, 6.07) is 8.94. The van der Waals surface area contributed by atoms with Gasteiger partial charge in [-0.05, 0) is 35.7 Å². The molecule has 0 N–H and O–H groups in total. The number of rotatable bonds is 7. The van der Waals surface area contributed by atoms with Crippen LogP contribution < -0.4 is 0 Å². The van der Waals surface area contributed by atoms with Gasteiger partial charge in [-0.3, -0.25) is 4.90 Å². The first-order valence-corrected chi connectivity index (χ1v) is 8.24. The van der Waals surface area contributed by atoms with E-state index in [9.17, 15) is 0 Å². The molecule has 0 radical (unpaired) electrons. The SMILES string of the molecule is C=CC(=C)C(=C)/C=C/Cc1ccc(CN2CCN(C)CC2)cc1. The molecule has 1 saturated heterocycles. The summed E-state index contributed by atoms with van der Waals surface area (Å²) in [6.45, 7) is 17.3. The lowest BCUT2D eigenvalue weighted by molar-refractivity contribution is 0.148. The Morgan fingerprint density at radius 1 is 1.00 bits per heavy atom. The van der Waals surface area contributed by atoms with E-state index in [1.54, 1.807) is 6.08 Å². The Morgan fingerprint density at radius 2 is 1.61 bits per heavy atom. The molecule has 0 atom stereocenters. The minimum atomic E-state index is 0.878. The van der Waals surface area contributed by atoms with Crippen LogP contribution >= 0.6 is 0 Å². The summed E-state index contributed by atoms with van der Waals surface area (Å²) in [4.78, 5) is 4.92. The fourth-order valence-corrected chi connectivity index (χ4v) is 2.62. The molecule has 0 aromatic heterocycles. The number of hydrogen-bond acceptors (Lipinski definition) is 2. The van der Waals surface area contributed by atoms with Crippen LogP contribution in [-0.2, 0) is 13.0 Å². The molecule has 1 aromatic rings. The third-order valence-corrected chi connectivity index (χ3v) is 4.36. The van der Waals surface area contributed by atoms with E-state index in [0.29, 0.717) is 0 Å².